The van der Waals surface area contributed by atoms with Gasteiger partial charge < -0.3 is 15.2 Å². The van der Waals surface area contributed by atoms with Gasteiger partial charge in [0.15, 0.2) is 0 Å². The number of carbonyl (C=O) groups excluding carboxylic acids is 1. The molecule has 1 fully saturated rings. The molecule has 3 rings (SSSR count). The molecule has 132 valence electrons. The number of carbonyl (C=O) groups is 1. The van der Waals surface area contributed by atoms with Crippen LogP contribution in [0.3, 0.4) is 0 Å². The number of aryl methyl sites for hydroxylation is 1. The number of urea groups is 1. The standard InChI is InChI=1S/C20H25N3O2/c1-2-23-14-17(12-13-18(23)24)21-20(25)22-19(16-10-6-7-11-16)15-8-4-3-5-9-15/h3-5,8-9,12-14,16,19H,2,6-7,10-11H2,1H3,(H2,21,22,25). The molecular formula is C20H25N3O2. The van der Waals surface area contributed by atoms with Gasteiger partial charge in [-0.2, -0.15) is 0 Å². The average molecular weight is 339 g/mol. The Hall–Kier alpha value is -2.56. The van der Waals surface area contributed by atoms with E-state index in [-0.39, 0.29) is 17.6 Å². The van der Waals surface area contributed by atoms with Crippen molar-refractivity contribution in [3.8, 4) is 0 Å². The Balaban J connectivity index is 1.73. The molecule has 1 aromatic carbocycles. The molecule has 1 unspecified atom stereocenters. The van der Waals surface area contributed by atoms with E-state index >= 15 is 0 Å². The maximum Gasteiger partial charge on any atom is 0.319 e. The number of aromatic nitrogens is 1. The second-order valence-electron chi connectivity index (χ2n) is 6.57. The van der Waals surface area contributed by atoms with Crippen molar-refractivity contribution in [2.45, 2.75) is 45.2 Å². The Bertz CT molecular complexity index is 764. The van der Waals surface area contributed by atoms with Crippen molar-refractivity contribution in [2.24, 2.45) is 5.92 Å². The van der Waals surface area contributed by atoms with E-state index in [1.165, 1.54) is 18.9 Å². The molecule has 0 spiro atoms. The zero-order chi connectivity index (χ0) is 17.6. The average Bonchev–Trinajstić information content (AvgIpc) is 3.16. The van der Waals surface area contributed by atoms with Crippen LogP contribution in [-0.4, -0.2) is 10.6 Å². The van der Waals surface area contributed by atoms with Crippen LogP contribution in [0.4, 0.5) is 10.5 Å². The number of rotatable bonds is 5. The monoisotopic (exact) mass is 339 g/mol. The van der Waals surface area contributed by atoms with E-state index in [9.17, 15) is 9.59 Å². The van der Waals surface area contributed by atoms with Crippen molar-refractivity contribution >= 4 is 11.7 Å². The van der Waals surface area contributed by atoms with E-state index in [1.807, 2.05) is 25.1 Å². The van der Waals surface area contributed by atoms with Crippen molar-refractivity contribution in [3.63, 3.8) is 0 Å². The molecule has 2 aromatic rings. The molecule has 1 aromatic heterocycles. The van der Waals surface area contributed by atoms with E-state index < -0.39 is 0 Å². The first-order chi connectivity index (χ1) is 12.2. The second-order valence-corrected chi connectivity index (χ2v) is 6.57. The van der Waals surface area contributed by atoms with Crippen molar-refractivity contribution in [1.82, 2.24) is 9.88 Å². The Morgan fingerprint density at radius 1 is 1.16 bits per heavy atom. The largest absolute Gasteiger partial charge is 0.331 e. The van der Waals surface area contributed by atoms with Gasteiger partial charge in [-0.1, -0.05) is 43.2 Å². The summed E-state index contributed by atoms with van der Waals surface area (Å²) in [5.41, 5.74) is 1.70. The second kappa shape index (κ2) is 8.01. The van der Waals surface area contributed by atoms with E-state index in [2.05, 4.69) is 22.8 Å². The first-order valence-corrected chi connectivity index (χ1v) is 9.00. The zero-order valence-electron chi connectivity index (χ0n) is 14.6. The van der Waals surface area contributed by atoms with Gasteiger partial charge >= 0.3 is 6.03 Å². The highest BCUT2D eigenvalue weighted by atomic mass is 16.2. The van der Waals surface area contributed by atoms with Gasteiger partial charge in [0.05, 0.1) is 11.7 Å². The predicted octanol–water partition coefficient (Wildman–Crippen LogP) is 3.92. The molecule has 1 aliphatic rings. The third-order valence-electron chi connectivity index (χ3n) is 4.90. The lowest BCUT2D eigenvalue weighted by atomic mass is 9.92. The zero-order valence-corrected chi connectivity index (χ0v) is 14.6. The van der Waals surface area contributed by atoms with Crippen molar-refractivity contribution in [3.05, 3.63) is 64.6 Å². The van der Waals surface area contributed by atoms with Crippen LogP contribution in [-0.2, 0) is 6.54 Å². The normalized spacial score (nSPS) is 15.7. The third-order valence-corrected chi connectivity index (χ3v) is 4.90. The summed E-state index contributed by atoms with van der Waals surface area (Å²) in [4.78, 5) is 24.2. The lowest BCUT2D eigenvalue weighted by molar-refractivity contribution is 0.242. The van der Waals surface area contributed by atoms with Gasteiger partial charge in [0.25, 0.3) is 5.56 Å². The SMILES string of the molecule is CCn1cc(NC(=O)NC(c2ccccc2)C2CCCC2)ccc1=O. The first kappa shape index (κ1) is 17.3. The Labute approximate surface area is 148 Å². The highest BCUT2D eigenvalue weighted by molar-refractivity contribution is 5.89. The number of hydrogen-bond donors (Lipinski definition) is 2. The summed E-state index contributed by atoms with van der Waals surface area (Å²) < 4.78 is 1.57. The van der Waals surface area contributed by atoms with Crippen LogP contribution in [0.15, 0.2) is 53.5 Å². The molecule has 0 saturated heterocycles. The highest BCUT2D eigenvalue weighted by Crippen LogP contribution is 2.35. The quantitative estimate of drug-likeness (QED) is 0.867. The predicted molar refractivity (Wildman–Crippen MR) is 99.7 cm³/mol. The number of pyridine rings is 1. The van der Waals surface area contributed by atoms with Crippen LogP contribution in [0.25, 0.3) is 0 Å². The molecule has 2 N–H and O–H groups in total. The van der Waals surface area contributed by atoms with Crippen molar-refractivity contribution < 1.29 is 4.79 Å². The lowest BCUT2D eigenvalue weighted by Gasteiger charge is -2.25. The van der Waals surface area contributed by atoms with Gasteiger partial charge in [0.1, 0.15) is 0 Å². The molecule has 5 nitrogen and oxygen atoms in total. The van der Waals surface area contributed by atoms with Crippen LogP contribution in [0.1, 0.15) is 44.2 Å². The smallest absolute Gasteiger partial charge is 0.319 e. The molecular weight excluding hydrogens is 314 g/mol. The minimum Gasteiger partial charge on any atom is -0.331 e. The van der Waals surface area contributed by atoms with E-state index in [0.29, 0.717) is 18.2 Å². The maximum absolute atomic E-state index is 12.5. The van der Waals surface area contributed by atoms with Crippen molar-refractivity contribution in [1.29, 1.82) is 0 Å². The molecule has 0 radical (unpaired) electrons. The van der Waals surface area contributed by atoms with Gasteiger partial charge in [0.2, 0.25) is 0 Å². The van der Waals surface area contributed by atoms with Gasteiger partial charge in [-0.15, -0.1) is 0 Å². The lowest BCUT2D eigenvalue weighted by Crippen LogP contribution is -2.36. The summed E-state index contributed by atoms with van der Waals surface area (Å²) in [6, 6.07) is 13.0. The van der Waals surface area contributed by atoms with E-state index in [0.717, 1.165) is 18.4 Å². The van der Waals surface area contributed by atoms with Gasteiger partial charge in [-0.05, 0) is 37.3 Å². The highest BCUT2D eigenvalue weighted by Gasteiger charge is 2.27. The maximum atomic E-state index is 12.5. The molecule has 0 aliphatic heterocycles. The Morgan fingerprint density at radius 2 is 1.88 bits per heavy atom. The summed E-state index contributed by atoms with van der Waals surface area (Å²) in [5.74, 6) is 0.470. The minimum absolute atomic E-state index is 0.0146. The Morgan fingerprint density at radius 3 is 2.56 bits per heavy atom. The fraction of sp³-hybridized carbons (Fsp3) is 0.400. The van der Waals surface area contributed by atoms with Crippen LogP contribution < -0.4 is 16.2 Å². The van der Waals surface area contributed by atoms with Crippen LogP contribution >= 0.6 is 0 Å². The van der Waals surface area contributed by atoms with E-state index in [1.54, 1.807) is 16.8 Å². The summed E-state index contributed by atoms with van der Waals surface area (Å²) in [6.45, 7) is 2.47. The third kappa shape index (κ3) is 4.29. The number of amides is 2. The van der Waals surface area contributed by atoms with Crippen molar-refractivity contribution in [2.75, 3.05) is 5.32 Å². The van der Waals surface area contributed by atoms with Crippen LogP contribution in [0.5, 0.6) is 0 Å². The fourth-order valence-electron chi connectivity index (χ4n) is 3.59. The molecule has 1 aliphatic carbocycles. The Kier molecular flexibility index (Phi) is 5.53. The topological polar surface area (TPSA) is 63.1 Å². The first-order valence-electron chi connectivity index (χ1n) is 9.00. The number of nitrogens with zero attached hydrogens (tertiary/aromatic N) is 1. The fourth-order valence-corrected chi connectivity index (χ4v) is 3.59. The number of hydrogen-bond acceptors (Lipinski definition) is 2. The summed E-state index contributed by atoms with van der Waals surface area (Å²) in [5, 5.41) is 6.00. The summed E-state index contributed by atoms with van der Waals surface area (Å²) in [6.07, 6.45) is 6.40. The minimum atomic E-state index is -0.234. The van der Waals surface area contributed by atoms with Gasteiger partial charge in [0, 0.05) is 18.8 Å². The number of nitrogens with one attached hydrogen (secondary N) is 2. The molecule has 2 amide bonds. The number of benzene rings is 1. The molecule has 5 heteroatoms. The van der Waals surface area contributed by atoms with Gasteiger partial charge in [-0.3, -0.25) is 4.79 Å². The molecule has 1 saturated carbocycles. The summed E-state index contributed by atoms with van der Waals surface area (Å²) >= 11 is 0. The van der Waals surface area contributed by atoms with E-state index in [4.69, 9.17) is 0 Å². The molecule has 25 heavy (non-hydrogen) atoms. The summed E-state index contributed by atoms with van der Waals surface area (Å²) in [7, 11) is 0. The molecule has 1 atom stereocenters. The molecule has 0 bridgehead atoms. The molecule has 1 heterocycles. The van der Waals surface area contributed by atoms with Crippen LogP contribution in [0, 0.1) is 5.92 Å². The van der Waals surface area contributed by atoms with Crippen LogP contribution in [0.2, 0.25) is 0 Å². The van der Waals surface area contributed by atoms with Gasteiger partial charge in [-0.25, -0.2) is 4.79 Å². The number of anilines is 1.